The molecule has 0 bridgehead atoms. The van der Waals surface area contributed by atoms with Crippen LogP contribution in [0.4, 0.5) is 0 Å². The molecular formula is C10H13N3O4. The Morgan fingerprint density at radius 2 is 2.29 bits per heavy atom. The molecule has 0 saturated carbocycles. The van der Waals surface area contributed by atoms with Gasteiger partial charge in [-0.2, -0.15) is 0 Å². The Bertz CT molecular complexity index is 404. The molecule has 2 heterocycles. The second-order valence-corrected chi connectivity index (χ2v) is 3.82. The van der Waals surface area contributed by atoms with E-state index < -0.39 is 18.2 Å². The van der Waals surface area contributed by atoms with Crippen molar-refractivity contribution in [2.75, 3.05) is 0 Å². The molecule has 1 aromatic rings. The van der Waals surface area contributed by atoms with Crippen molar-refractivity contribution in [3.63, 3.8) is 0 Å². The van der Waals surface area contributed by atoms with E-state index in [-0.39, 0.29) is 5.91 Å². The number of aliphatic carboxylic acids is 1. The van der Waals surface area contributed by atoms with Gasteiger partial charge in [0.15, 0.2) is 6.10 Å². The molecule has 0 aliphatic carbocycles. The fourth-order valence-electron chi connectivity index (χ4n) is 1.69. The SMILES string of the molecule is O=C(O)C1CCC(C(=O)NCc2cnc[nH]2)O1. The summed E-state index contributed by atoms with van der Waals surface area (Å²) in [6.45, 7) is 0.330. The molecule has 0 aromatic carbocycles. The van der Waals surface area contributed by atoms with Crippen LogP contribution in [-0.4, -0.2) is 39.2 Å². The number of hydrogen-bond acceptors (Lipinski definition) is 4. The van der Waals surface area contributed by atoms with Crippen molar-refractivity contribution < 1.29 is 19.4 Å². The maximum absolute atomic E-state index is 11.6. The minimum atomic E-state index is -1.02. The maximum atomic E-state index is 11.6. The van der Waals surface area contributed by atoms with Gasteiger partial charge in [-0.1, -0.05) is 0 Å². The monoisotopic (exact) mass is 239 g/mol. The lowest BCUT2D eigenvalue weighted by molar-refractivity contribution is -0.151. The van der Waals surface area contributed by atoms with E-state index in [0.29, 0.717) is 19.4 Å². The van der Waals surface area contributed by atoms with Gasteiger partial charge in [0.1, 0.15) is 6.10 Å². The highest BCUT2D eigenvalue weighted by Crippen LogP contribution is 2.19. The average Bonchev–Trinajstić information content (AvgIpc) is 2.96. The fraction of sp³-hybridized carbons (Fsp3) is 0.500. The van der Waals surface area contributed by atoms with Crippen molar-refractivity contribution in [2.45, 2.75) is 31.6 Å². The number of rotatable bonds is 4. The van der Waals surface area contributed by atoms with Gasteiger partial charge in [0.2, 0.25) is 5.91 Å². The van der Waals surface area contributed by atoms with Gasteiger partial charge in [-0.05, 0) is 12.8 Å². The molecule has 0 spiro atoms. The summed E-state index contributed by atoms with van der Waals surface area (Å²) in [5.74, 6) is -1.31. The zero-order valence-corrected chi connectivity index (χ0v) is 9.05. The van der Waals surface area contributed by atoms with Gasteiger partial charge in [0, 0.05) is 6.20 Å². The summed E-state index contributed by atoms with van der Waals surface area (Å²) in [6, 6.07) is 0. The van der Waals surface area contributed by atoms with Crippen molar-refractivity contribution in [3.8, 4) is 0 Å². The minimum Gasteiger partial charge on any atom is -0.479 e. The van der Waals surface area contributed by atoms with E-state index in [4.69, 9.17) is 9.84 Å². The van der Waals surface area contributed by atoms with Crippen LogP contribution in [0.25, 0.3) is 0 Å². The molecule has 2 atom stereocenters. The largest absolute Gasteiger partial charge is 0.479 e. The number of hydrogen-bond donors (Lipinski definition) is 3. The molecule has 7 nitrogen and oxygen atoms in total. The van der Waals surface area contributed by atoms with Crippen molar-refractivity contribution in [3.05, 3.63) is 18.2 Å². The number of H-pyrrole nitrogens is 1. The number of nitrogens with one attached hydrogen (secondary N) is 2. The Morgan fingerprint density at radius 3 is 2.88 bits per heavy atom. The first kappa shape index (κ1) is 11.6. The third-order valence-corrected chi connectivity index (χ3v) is 2.60. The van der Waals surface area contributed by atoms with Crippen LogP contribution < -0.4 is 5.32 Å². The molecule has 2 rings (SSSR count). The zero-order valence-electron chi connectivity index (χ0n) is 9.05. The third-order valence-electron chi connectivity index (χ3n) is 2.60. The first-order valence-electron chi connectivity index (χ1n) is 5.30. The van der Waals surface area contributed by atoms with Gasteiger partial charge in [-0.3, -0.25) is 4.79 Å². The van der Waals surface area contributed by atoms with E-state index >= 15 is 0 Å². The standard InChI is InChI=1S/C10H13N3O4/c14-9(12-4-6-3-11-5-13-6)7-1-2-8(17-7)10(15)16/h3,5,7-8H,1-2,4H2,(H,11,13)(H,12,14)(H,15,16). The van der Waals surface area contributed by atoms with Gasteiger partial charge in [0.05, 0.1) is 18.6 Å². The van der Waals surface area contributed by atoms with E-state index in [1.807, 2.05) is 0 Å². The topological polar surface area (TPSA) is 104 Å². The van der Waals surface area contributed by atoms with Crippen LogP contribution in [0.1, 0.15) is 18.5 Å². The molecule has 1 aliphatic rings. The molecule has 92 valence electrons. The molecule has 17 heavy (non-hydrogen) atoms. The summed E-state index contributed by atoms with van der Waals surface area (Å²) in [4.78, 5) is 29.0. The van der Waals surface area contributed by atoms with Crippen LogP contribution >= 0.6 is 0 Å². The Hall–Kier alpha value is -1.89. The second kappa shape index (κ2) is 4.96. The second-order valence-electron chi connectivity index (χ2n) is 3.82. The summed E-state index contributed by atoms with van der Waals surface area (Å²) in [7, 11) is 0. The number of nitrogens with zero attached hydrogens (tertiary/aromatic N) is 1. The van der Waals surface area contributed by atoms with Crippen molar-refractivity contribution in [1.82, 2.24) is 15.3 Å². The number of carbonyl (C=O) groups excluding carboxylic acids is 1. The Kier molecular flexibility index (Phi) is 3.38. The van der Waals surface area contributed by atoms with E-state index in [0.717, 1.165) is 5.69 Å². The lowest BCUT2D eigenvalue weighted by atomic mass is 10.2. The van der Waals surface area contributed by atoms with E-state index in [2.05, 4.69) is 15.3 Å². The maximum Gasteiger partial charge on any atom is 0.332 e. The van der Waals surface area contributed by atoms with Gasteiger partial charge >= 0.3 is 5.97 Å². The molecule has 1 amide bonds. The fourth-order valence-corrected chi connectivity index (χ4v) is 1.69. The number of carboxylic acids is 1. The smallest absolute Gasteiger partial charge is 0.332 e. The highest BCUT2D eigenvalue weighted by atomic mass is 16.5. The summed E-state index contributed by atoms with van der Waals surface area (Å²) in [6.07, 6.45) is 2.41. The van der Waals surface area contributed by atoms with Crippen LogP contribution in [0.3, 0.4) is 0 Å². The number of aromatic nitrogens is 2. The lowest BCUT2D eigenvalue weighted by Gasteiger charge is -2.10. The molecule has 1 aliphatic heterocycles. The summed E-state index contributed by atoms with van der Waals surface area (Å²) in [5, 5.41) is 11.4. The summed E-state index contributed by atoms with van der Waals surface area (Å²) < 4.78 is 5.12. The Labute approximate surface area is 97.2 Å². The summed E-state index contributed by atoms with van der Waals surface area (Å²) in [5.41, 5.74) is 0.783. The molecule has 1 fully saturated rings. The number of carbonyl (C=O) groups is 2. The van der Waals surface area contributed by atoms with E-state index in [1.54, 1.807) is 6.20 Å². The van der Waals surface area contributed by atoms with Crippen LogP contribution in [-0.2, 0) is 20.9 Å². The van der Waals surface area contributed by atoms with Crippen LogP contribution in [0.15, 0.2) is 12.5 Å². The van der Waals surface area contributed by atoms with Crippen LogP contribution in [0.5, 0.6) is 0 Å². The first-order chi connectivity index (χ1) is 8.16. The molecule has 3 N–H and O–H groups in total. The van der Waals surface area contributed by atoms with Crippen molar-refractivity contribution >= 4 is 11.9 Å². The van der Waals surface area contributed by atoms with Crippen molar-refractivity contribution in [2.24, 2.45) is 0 Å². The van der Waals surface area contributed by atoms with Crippen molar-refractivity contribution in [1.29, 1.82) is 0 Å². The number of imidazole rings is 1. The Morgan fingerprint density at radius 1 is 1.53 bits per heavy atom. The van der Waals surface area contributed by atoms with E-state index in [1.165, 1.54) is 6.33 Å². The van der Waals surface area contributed by atoms with E-state index in [9.17, 15) is 9.59 Å². The molecule has 1 aromatic heterocycles. The van der Waals surface area contributed by atoms with Crippen LogP contribution in [0.2, 0.25) is 0 Å². The molecule has 7 heteroatoms. The highest BCUT2D eigenvalue weighted by molar-refractivity contribution is 5.82. The Balaban J connectivity index is 1.79. The molecule has 0 radical (unpaired) electrons. The van der Waals surface area contributed by atoms with Gasteiger partial charge in [0.25, 0.3) is 0 Å². The predicted octanol–water partition coefficient (Wildman–Crippen LogP) is -0.342. The van der Waals surface area contributed by atoms with Gasteiger partial charge in [-0.25, -0.2) is 9.78 Å². The quantitative estimate of drug-likeness (QED) is 0.666. The summed E-state index contributed by atoms with van der Waals surface area (Å²) >= 11 is 0. The predicted molar refractivity (Wildman–Crippen MR) is 56.0 cm³/mol. The lowest BCUT2D eigenvalue weighted by Crippen LogP contribution is -2.35. The minimum absolute atomic E-state index is 0.289. The number of ether oxygens (including phenoxy) is 1. The zero-order chi connectivity index (χ0) is 12.3. The average molecular weight is 239 g/mol. The van der Waals surface area contributed by atoms with Gasteiger partial charge < -0.3 is 20.1 Å². The third kappa shape index (κ3) is 2.82. The first-order valence-corrected chi connectivity index (χ1v) is 5.30. The molecular weight excluding hydrogens is 226 g/mol. The molecule has 1 saturated heterocycles. The molecule has 2 unspecified atom stereocenters. The number of aromatic amines is 1. The highest BCUT2D eigenvalue weighted by Gasteiger charge is 2.34. The number of carboxylic acid groups (broad SMARTS) is 1. The van der Waals surface area contributed by atoms with Gasteiger partial charge in [-0.15, -0.1) is 0 Å². The number of amides is 1. The normalized spacial score (nSPS) is 23.5. The van der Waals surface area contributed by atoms with Crippen LogP contribution in [0, 0.1) is 0 Å².